The highest BCUT2D eigenvalue weighted by Crippen LogP contribution is 2.63. The summed E-state index contributed by atoms with van der Waals surface area (Å²) in [5.41, 5.74) is 10.0. The zero-order valence-electron chi connectivity index (χ0n) is 30.8. The molecular weight excluding hydrogens is 691 g/mol. The predicted octanol–water partition coefficient (Wildman–Crippen LogP) is 5.45. The van der Waals surface area contributed by atoms with Gasteiger partial charge in [0.25, 0.3) is 0 Å². The Morgan fingerprint density at radius 1 is 1.08 bits per heavy atom. The first-order valence-corrected chi connectivity index (χ1v) is 19.5. The van der Waals surface area contributed by atoms with Crippen LogP contribution in [0, 0.1) is 39.0 Å². The number of nitrogens with zero attached hydrogens (tertiary/aromatic N) is 3. The fraction of sp³-hybridized carbons (Fsp3) is 0.463. The van der Waals surface area contributed by atoms with Crippen molar-refractivity contribution in [1.29, 1.82) is 5.26 Å². The third-order valence-electron chi connectivity index (χ3n) is 13.2. The van der Waals surface area contributed by atoms with Crippen LogP contribution in [0.3, 0.4) is 0 Å². The standard InChI is InChI=1S/C41H43N5O6S/c1-18-7-8-25-24(11-18)23-9-10-43-41(39(23)44-25)16-53-38-29-20(3)21(4)36-37(52-17-51-36)31(29)28(15-50-40(41)48)46-27(14-42)26-13-22-12-19(2)35(49-6)34(47)30(22)32(33(38)46)45(26)5/h7-8,11-12,26-28,32-33,38,43-44,47H,9-10,13,15-17H2,1-6H3. The molecule has 3 N–H and O–H groups in total. The molecule has 7 aliphatic rings. The number of nitrogens with one attached hydrogen (secondary N) is 2. The van der Waals surface area contributed by atoms with Crippen LogP contribution in [0.4, 0.5) is 0 Å². The average Bonchev–Trinajstić information content (AvgIpc) is 3.78. The Labute approximate surface area is 312 Å². The molecule has 7 atom stereocenters. The number of esters is 1. The number of phenols is 1. The maximum absolute atomic E-state index is 14.8. The lowest BCUT2D eigenvalue weighted by atomic mass is 9.71. The minimum Gasteiger partial charge on any atom is -0.504 e. The molecule has 4 aromatic rings. The van der Waals surface area contributed by atoms with E-state index in [1.54, 1.807) is 18.9 Å². The number of likely N-dealkylation sites (N-methyl/N-ethyl adjacent to an activating group) is 1. The number of aromatic amines is 1. The number of fused-ring (bicyclic) bond motifs is 11. The highest BCUT2D eigenvalue weighted by molar-refractivity contribution is 7.99. The van der Waals surface area contributed by atoms with Crippen LogP contribution in [0.25, 0.3) is 10.9 Å². The van der Waals surface area contributed by atoms with Gasteiger partial charge in [-0.15, -0.1) is 11.8 Å². The van der Waals surface area contributed by atoms with Crippen molar-refractivity contribution in [2.24, 2.45) is 0 Å². The summed E-state index contributed by atoms with van der Waals surface area (Å²) in [6, 6.07) is 9.44. The molecule has 1 spiro atoms. The van der Waals surface area contributed by atoms with Crippen molar-refractivity contribution in [3.63, 3.8) is 0 Å². The summed E-state index contributed by atoms with van der Waals surface area (Å²) in [5, 5.41) is 27.7. The molecule has 11 rings (SSSR count). The molecule has 4 bridgehead atoms. The summed E-state index contributed by atoms with van der Waals surface area (Å²) in [5.74, 6) is 2.06. The average molecular weight is 734 g/mol. The van der Waals surface area contributed by atoms with Gasteiger partial charge in [0.1, 0.15) is 12.6 Å². The second kappa shape index (κ2) is 11.5. The van der Waals surface area contributed by atoms with Gasteiger partial charge in [-0.3, -0.25) is 15.1 Å². The first-order valence-electron chi connectivity index (χ1n) is 18.5. The number of ether oxygens (including phenoxy) is 4. The van der Waals surface area contributed by atoms with E-state index in [0.29, 0.717) is 36.0 Å². The summed E-state index contributed by atoms with van der Waals surface area (Å²) >= 11 is 1.72. The van der Waals surface area contributed by atoms with Gasteiger partial charge in [-0.1, -0.05) is 17.7 Å². The van der Waals surface area contributed by atoms with E-state index in [0.717, 1.165) is 67.5 Å². The molecule has 1 aromatic heterocycles. The van der Waals surface area contributed by atoms with Gasteiger partial charge in [0, 0.05) is 51.7 Å². The normalized spacial score (nSPS) is 29.9. The molecule has 8 heterocycles. The van der Waals surface area contributed by atoms with Crippen molar-refractivity contribution in [2.45, 2.75) is 81.5 Å². The van der Waals surface area contributed by atoms with Gasteiger partial charge in [0.2, 0.25) is 6.79 Å². The summed E-state index contributed by atoms with van der Waals surface area (Å²) in [6.45, 7) is 9.03. The smallest absolute Gasteiger partial charge is 0.333 e. The molecule has 2 saturated heterocycles. The van der Waals surface area contributed by atoms with Crippen LogP contribution in [0.2, 0.25) is 0 Å². The molecule has 11 nitrogen and oxygen atoms in total. The van der Waals surface area contributed by atoms with Crippen molar-refractivity contribution in [2.75, 3.05) is 39.9 Å². The van der Waals surface area contributed by atoms with Gasteiger partial charge in [0.05, 0.1) is 31.0 Å². The van der Waals surface area contributed by atoms with Crippen molar-refractivity contribution in [1.82, 2.24) is 20.1 Å². The van der Waals surface area contributed by atoms with Gasteiger partial charge in [0.15, 0.2) is 28.5 Å². The zero-order chi connectivity index (χ0) is 36.7. The molecule has 7 aliphatic heterocycles. The number of aryl methyl sites for hydroxylation is 2. The quantitative estimate of drug-likeness (QED) is 0.216. The number of aromatic nitrogens is 1. The number of aromatic hydroxyl groups is 1. The van der Waals surface area contributed by atoms with E-state index < -0.39 is 17.6 Å². The van der Waals surface area contributed by atoms with Gasteiger partial charge in [-0.05, 0) is 93.1 Å². The number of hydrogen-bond acceptors (Lipinski definition) is 11. The van der Waals surface area contributed by atoms with Gasteiger partial charge in [-0.25, -0.2) is 4.79 Å². The van der Waals surface area contributed by atoms with Crippen molar-refractivity contribution < 1.29 is 28.8 Å². The van der Waals surface area contributed by atoms with Crippen LogP contribution < -0.4 is 19.5 Å². The number of phenolic OH excluding ortho intramolecular Hbond substituents is 1. The topological polar surface area (TPSA) is 132 Å². The predicted molar refractivity (Wildman–Crippen MR) is 200 cm³/mol. The number of nitriles is 1. The number of carbonyl (C=O) groups excluding carboxylic acids is 1. The van der Waals surface area contributed by atoms with Crippen molar-refractivity contribution in [3.8, 4) is 29.1 Å². The number of hydrogen-bond donors (Lipinski definition) is 3. The van der Waals surface area contributed by atoms with E-state index in [1.807, 2.05) is 6.92 Å². The largest absolute Gasteiger partial charge is 0.504 e. The Morgan fingerprint density at radius 2 is 1.89 bits per heavy atom. The van der Waals surface area contributed by atoms with E-state index >= 15 is 0 Å². The summed E-state index contributed by atoms with van der Waals surface area (Å²) < 4.78 is 24.8. The van der Waals surface area contributed by atoms with E-state index in [4.69, 9.17) is 18.9 Å². The van der Waals surface area contributed by atoms with E-state index in [-0.39, 0.29) is 48.5 Å². The fourth-order valence-corrected chi connectivity index (χ4v) is 12.5. The maximum atomic E-state index is 14.8. The number of benzene rings is 3. The van der Waals surface area contributed by atoms with Crippen molar-refractivity contribution >= 4 is 28.6 Å². The number of methoxy groups -OCH3 is 1. The molecular formula is C41H43N5O6S. The number of thioether (sulfide) groups is 1. The second-order valence-electron chi connectivity index (χ2n) is 15.6. The molecule has 12 heteroatoms. The molecule has 0 radical (unpaired) electrons. The number of piperazine rings is 1. The Kier molecular flexibility index (Phi) is 7.23. The molecule has 7 unspecified atom stereocenters. The molecule has 53 heavy (non-hydrogen) atoms. The molecule has 274 valence electrons. The van der Waals surface area contributed by atoms with Gasteiger partial charge >= 0.3 is 5.97 Å². The minimum atomic E-state index is -1.13. The van der Waals surface area contributed by atoms with E-state index in [2.05, 4.69) is 78.3 Å². The third-order valence-corrected chi connectivity index (χ3v) is 14.6. The third kappa shape index (κ3) is 4.25. The molecule has 0 amide bonds. The number of H-pyrrole nitrogens is 1. The van der Waals surface area contributed by atoms with Crippen LogP contribution in [0.5, 0.6) is 23.0 Å². The van der Waals surface area contributed by atoms with Crippen LogP contribution in [0.1, 0.15) is 73.1 Å². The lowest BCUT2D eigenvalue weighted by molar-refractivity contribution is -0.157. The zero-order valence-corrected chi connectivity index (χ0v) is 31.6. The summed E-state index contributed by atoms with van der Waals surface area (Å²) in [6.07, 6.45) is 1.38. The SMILES string of the molecule is COc1c(C)cc2c(c1O)C1C3C4SCC5(NCCc6c5[nH]c5ccc(C)cc65)C(=O)OCC(c5c6c(c(C)c(C)c54)OCO6)N3C(C#N)C(C2)N1C. The Morgan fingerprint density at radius 3 is 2.68 bits per heavy atom. The monoisotopic (exact) mass is 733 g/mol. The highest BCUT2D eigenvalue weighted by atomic mass is 32.2. The Hall–Kier alpha value is -4.41. The van der Waals surface area contributed by atoms with Crippen LogP contribution >= 0.6 is 11.8 Å². The first kappa shape index (κ1) is 33.2. The van der Waals surface area contributed by atoms with Crippen LogP contribution in [-0.4, -0.2) is 83.8 Å². The Bertz CT molecular complexity index is 2320. The van der Waals surface area contributed by atoms with Crippen LogP contribution in [-0.2, 0) is 27.9 Å². The maximum Gasteiger partial charge on any atom is 0.333 e. The van der Waals surface area contributed by atoms with E-state index in [9.17, 15) is 15.2 Å². The van der Waals surface area contributed by atoms with Crippen molar-refractivity contribution in [3.05, 3.63) is 80.0 Å². The highest BCUT2D eigenvalue weighted by Gasteiger charge is 2.61. The molecule has 0 aliphatic carbocycles. The van der Waals surface area contributed by atoms with Gasteiger partial charge in [-0.2, -0.15) is 5.26 Å². The Balaban J connectivity index is 1.23. The molecule has 0 saturated carbocycles. The first-order chi connectivity index (χ1) is 25.6. The second-order valence-corrected chi connectivity index (χ2v) is 16.8. The van der Waals surface area contributed by atoms with Crippen LogP contribution in [0.15, 0.2) is 24.3 Å². The molecule has 2 fully saturated rings. The molecule has 3 aromatic carbocycles. The minimum absolute atomic E-state index is 0.0213. The fourth-order valence-electron chi connectivity index (χ4n) is 10.7. The summed E-state index contributed by atoms with van der Waals surface area (Å²) in [4.78, 5) is 23.1. The van der Waals surface area contributed by atoms with Gasteiger partial charge < -0.3 is 29.0 Å². The number of rotatable bonds is 1. The van der Waals surface area contributed by atoms with E-state index in [1.165, 1.54) is 5.56 Å². The lowest BCUT2D eigenvalue weighted by Crippen LogP contribution is -2.69. The summed E-state index contributed by atoms with van der Waals surface area (Å²) in [7, 11) is 3.68. The lowest BCUT2D eigenvalue weighted by Gasteiger charge is -2.62. The number of carbonyl (C=O) groups is 1.